The molecule has 14 heteroatoms. The van der Waals surface area contributed by atoms with Crippen molar-refractivity contribution in [3.8, 4) is 56.7 Å². The molecule has 0 spiro atoms. The minimum absolute atomic E-state index is 0.00718. The lowest BCUT2D eigenvalue weighted by Crippen LogP contribution is -2.46. The Morgan fingerprint density at radius 3 is 1.96 bits per heavy atom. The summed E-state index contributed by atoms with van der Waals surface area (Å²) >= 11 is 0. The topological polar surface area (TPSA) is 133 Å². The number of alkyl halides is 4. The Labute approximate surface area is 276 Å². The minimum atomic E-state index is -4.55. The van der Waals surface area contributed by atoms with Gasteiger partial charge in [-0.15, -0.1) is 0 Å². The number of carbonyl (C=O) groups is 2. The molecule has 1 atom stereocenters. The monoisotopic (exact) mass is 671 g/mol. The molecular weight excluding hydrogens is 642 g/mol. The highest BCUT2D eigenvalue weighted by molar-refractivity contribution is 5.91. The maximum Gasteiger partial charge on any atom is 0.407 e. The van der Waals surface area contributed by atoms with Crippen LogP contribution in [0.25, 0.3) is 56.7 Å². The molecule has 10 nitrogen and oxygen atoms in total. The van der Waals surface area contributed by atoms with Gasteiger partial charge in [0.1, 0.15) is 6.04 Å². The Morgan fingerprint density at radius 1 is 0.816 bits per heavy atom. The fraction of sp³-hybridized carbons (Fsp3) is 0.200. The van der Waals surface area contributed by atoms with E-state index in [0.717, 1.165) is 12.1 Å². The highest BCUT2D eigenvalue weighted by atomic mass is 19.3. The average Bonchev–Trinajstić information content (AvgIpc) is 3.92. The fourth-order valence-electron chi connectivity index (χ4n) is 6.05. The quantitative estimate of drug-likeness (QED) is 0.129. The molecule has 0 saturated carbocycles. The van der Waals surface area contributed by atoms with E-state index in [9.17, 15) is 9.59 Å². The van der Waals surface area contributed by atoms with Gasteiger partial charge >= 0.3 is 17.9 Å². The molecule has 2 aromatic carbocycles. The van der Waals surface area contributed by atoms with E-state index in [1.807, 2.05) is 0 Å². The van der Waals surface area contributed by atoms with Gasteiger partial charge in [0, 0.05) is 34.6 Å². The van der Waals surface area contributed by atoms with E-state index in [1.54, 1.807) is 56.4 Å². The lowest BCUT2D eigenvalue weighted by Gasteiger charge is -2.35. The third-order valence-electron chi connectivity index (χ3n) is 8.65. The van der Waals surface area contributed by atoms with Crippen molar-refractivity contribution in [2.75, 3.05) is 7.11 Å². The summed E-state index contributed by atoms with van der Waals surface area (Å²) in [4.78, 5) is 43.0. The van der Waals surface area contributed by atoms with Crippen LogP contribution in [0.3, 0.4) is 0 Å². The number of amides is 1. The van der Waals surface area contributed by atoms with Crippen LogP contribution in [0.1, 0.15) is 29.8 Å². The van der Waals surface area contributed by atoms with E-state index in [1.165, 1.54) is 42.4 Å². The van der Waals surface area contributed by atoms with Gasteiger partial charge in [-0.1, -0.05) is 38.1 Å². The highest BCUT2D eigenvalue weighted by Crippen LogP contribution is 2.58. The molecule has 1 aliphatic rings. The fourth-order valence-corrected chi connectivity index (χ4v) is 6.05. The number of aromatic nitrogens is 6. The lowest BCUT2D eigenvalue weighted by atomic mass is 9.79. The first-order chi connectivity index (χ1) is 23.4. The molecule has 49 heavy (non-hydrogen) atoms. The zero-order valence-electron chi connectivity index (χ0n) is 26.3. The Balaban J connectivity index is 1.22. The standard InChI is InChI=1S/C35H29F4N7O3/c1-18(2)29(45-33(48)49-3)32(47)46-13-5-7-28(46)31-42-17-27(44-31)20-9-11-22-21-10-8-19(26-16-41-30(43-26)25-6-4-12-40-25)14-23(21)34(36,37)35(38,39)24(22)15-20/h4-18,29,40H,1-3H3,(H,41,43)(H,42,44)(H,45,48)/t29-/m0/s1. The molecule has 6 aromatic rings. The van der Waals surface area contributed by atoms with Crippen molar-refractivity contribution < 1.29 is 31.9 Å². The maximum absolute atomic E-state index is 15.8. The van der Waals surface area contributed by atoms with Crippen LogP contribution in [0.5, 0.6) is 0 Å². The SMILES string of the molecule is COC(=O)N[C@H](C(=O)n1cccc1-c1ncc(-c2ccc3c(c2)C(F)(F)C(F)(F)c2cc(-c4cnc(-c5ccc[nH]5)[nH]4)ccc2-3)[nH]1)C(C)C. The lowest BCUT2D eigenvalue weighted by molar-refractivity contribution is -0.225. The van der Waals surface area contributed by atoms with Crippen LogP contribution in [-0.2, 0) is 16.6 Å². The normalized spacial score (nSPS) is 15.0. The Hall–Kier alpha value is -5.92. The summed E-state index contributed by atoms with van der Waals surface area (Å²) < 4.78 is 69.2. The first-order valence-corrected chi connectivity index (χ1v) is 15.3. The molecule has 0 bridgehead atoms. The molecule has 0 radical (unpaired) electrons. The number of hydrogen-bond acceptors (Lipinski definition) is 5. The molecule has 7 rings (SSSR count). The number of halogens is 4. The number of nitrogens with one attached hydrogen (secondary N) is 4. The van der Waals surface area contributed by atoms with E-state index in [4.69, 9.17) is 0 Å². The number of methoxy groups -OCH3 is 1. The third-order valence-corrected chi connectivity index (χ3v) is 8.65. The van der Waals surface area contributed by atoms with Crippen molar-refractivity contribution in [3.05, 3.63) is 96.6 Å². The van der Waals surface area contributed by atoms with Gasteiger partial charge < -0.3 is 25.0 Å². The molecule has 0 aliphatic heterocycles. The number of benzene rings is 2. The number of ether oxygens (including phenoxy) is 1. The van der Waals surface area contributed by atoms with Crippen LogP contribution >= 0.6 is 0 Å². The Kier molecular flexibility index (Phi) is 7.53. The molecule has 1 amide bonds. The van der Waals surface area contributed by atoms with Gasteiger partial charge in [0.25, 0.3) is 5.91 Å². The van der Waals surface area contributed by atoms with Crippen LogP contribution in [0, 0.1) is 5.92 Å². The predicted octanol–water partition coefficient (Wildman–Crippen LogP) is 7.82. The largest absolute Gasteiger partial charge is 0.453 e. The third kappa shape index (κ3) is 5.19. The second kappa shape index (κ2) is 11.6. The minimum Gasteiger partial charge on any atom is -0.453 e. The van der Waals surface area contributed by atoms with E-state index in [0.29, 0.717) is 22.9 Å². The summed E-state index contributed by atoms with van der Waals surface area (Å²) in [6, 6.07) is 13.9. The highest BCUT2D eigenvalue weighted by Gasteiger charge is 2.62. The summed E-state index contributed by atoms with van der Waals surface area (Å²) in [5, 5.41) is 2.53. The van der Waals surface area contributed by atoms with Gasteiger partial charge in [-0.2, -0.15) is 17.6 Å². The van der Waals surface area contributed by atoms with E-state index >= 15 is 17.6 Å². The predicted molar refractivity (Wildman–Crippen MR) is 173 cm³/mol. The maximum atomic E-state index is 15.8. The van der Waals surface area contributed by atoms with Gasteiger partial charge in [0.2, 0.25) is 0 Å². The van der Waals surface area contributed by atoms with Crippen molar-refractivity contribution in [1.29, 1.82) is 0 Å². The molecule has 0 saturated heterocycles. The van der Waals surface area contributed by atoms with E-state index in [2.05, 4.69) is 35.0 Å². The summed E-state index contributed by atoms with van der Waals surface area (Å²) in [7, 11) is 1.19. The first-order valence-electron chi connectivity index (χ1n) is 15.3. The summed E-state index contributed by atoms with van der Waals surface area (Å²) in [5.74, 6) is -9.11. The number of H-pyrrole nitrogens is 3. The summed E-state index contributed by atoms with van der Waals surface area (Å²) in [6.45, 7) is 3.53. The van der Waals surface area contributed by atoms with Crippen LogP contribution in [0.2, 0.25) is 0 Å². The van der Waals surface area contributed by atoms with Gasteiger partial charge in [-0.25, -0.2) is 14.8 Å². The average molecular weight is 672 g/mol. The first kappa shape index (κ1) is 31.7. The Bertz CT molecular complexity index is 2200. The molecule has 250 valence electrons. The summed E-state index contributed by atoms with van der Waals surface area (Å²) in [6.07, 6.45) is 5.29. The number of hydrogen-bond donors (Lipinski definition) is 4. The van der Waals surface area contributed by atoms with E-state index in [-0.39, 0.29) is 39.7 Å². The van der Waals surface area contributed by atoms with Gasteiger partial charge in [-0.05, 0) is 53.4 Å². The zero-order chi connectivity index (χ0) is 34.7. The number of alkyl carbamates (subject to hydrolysis) is 1. The molecule has 0 fully saturated rings. The molecule has 1 aliphatic carbocycles. The smallest absolute Gasteiger partial charge is 0.407 e. The van der Waals surface area contributed by atoms with Crippen LogP contribution in [0.15, 0.2) is 85.5 Å². The number of rotatable bonds is 7. The van der Waals surface area contributed by atoms with Crippen molar-refractivity contribution in [2.24, 2.45) is 5.92 Å². The van der Waals surface area contributed by atoms with Gasteiger partial charge in [0.15, 0.2) is 11.6 Å². The van der Waals surface area contributed by atoms with Gasteiger partial charge in [-0.3, -0.25) is 9.36 Å². The summed E-state index contributed by atoms with van der Waals surface area (Å²) in [5.41, 5.74) is 0.528. The van der Waals surface area contributed by atoms with Crippen molar-refractivity contribution >= 4 is 12.0 Å². The van der Waals surface area contributed by atoms with Crippen LogP contribution in [0.4, 0.5) is 22.4 Å². The molecule has 4 aromatic heterocycles. The van der Waals surface area contributed by atoms with Crippen molar-refractivity contribution in [2.45, 2.75) is 31.7 Å². The van der Waals surface area contributed by atoms with Crippen molar-refractivity contribution in [1.82, 2.24) is 34.8 Å². The number of imidazole rings is 2. The molecular formula is C35H29F4N7O3. The molecule has 0 unspecified atom stereocenters. The number of carbonyl (C=O) groups excluding carboxylic acids is 2. The molecule has 4 N–H and O–H groups in total. The second-order valence-electron chi connectivity index (χ2n) is 12.0. The molecule has 4 heterocycles. The number of aromatic amines is 3. The van der Waals surface area contributed by atoms with Crippen molar-refractivity contribution in [3.63, 3.8) is 0 Å². The second-order valence-corrected chi connectivity index (χ2v) is 12.0. The van der Waals surface area contributed by atoms with Gasteiger partial charge in [0.05, 0.1) is 42.3 Å². The zero-order valence-corrected chi connectivity index (χ0v) is 26.3. The Morgan fingerprint density at radius 2 is 1.41 bits per heavy atom. The number of nitrogens with zero attached hydrogens (tertiary/aromatic N) is 3. The number of fused-ring (bicyclic) bond motifs is 3. The van der Waals surface area contributed by atoms with Crippen LogP contribution in [-0.4, -0.2) is 54.6 Å². The van der Waals surface area contributed by atoms with Crippen LogP contribution < -0.4 is 5.32 Å². The van der Waals surface area contributed by atoms with E-state index < -0.39 is 41.0 Å².